The molecule has 4 aromatic heterocycles. The maximum atomic E-state index is 6.41. The van der Waals surface area contributed by atoms with Crippen LogP contribution in [0.1, 0.15) is 0 Å². The van der Waals surface area contributed by atoms with E-state index in [2.05, 4.69) is 180 Å². The third kappa shape index (κ3) is 5.13. The summed E-state index contributed by atoms with van der Waals surface area (Å²) in [7, 11) is 0. The molecule has 0 spiro atoms. The van der Waals surface area contributed by atoms with Crippen LogP contribution in [-0.4, -0.2) is 19.5 Å². The minimum absolute atomic E-state index is 0.547. The fraction of sp³-hybridized carbons (Fsp3) is 0. The van der Waals surface area contributed by atoms with E-state index in [4.69, 9.17) is 19.4 Å². The Morgan fingerprint density at radius 1 is 0.381 bits per heavy atom. The molecule has 14 rings (SSSR count). The van der Waals surface area contributed by atoms with E-state index in [0.717, 1.165) is 82.0 Å². The van der Waals surface area contributed by atoms with Gasteiger partial charge in [-0.25, -0.2) is 4.98 Å². The van der Waals surface area contributed by atoms with Gasteiger partial charge < -0.3 is 4.42 Å². The van der Waals surface area contributed by atoms with Gasteiger partial charge in [0.2, 0.25) is 5.95 Å². The van der Waals surface area contributed by atoms with Crippen LogP contribution in [-0.2, 0) is 0 Å². The average molecular weight is 821 g/mol. The Bertz CT molecular complexity index is 4230. The highest BCUT2D eigenvalue weighted by atomic mass is 32.1. The Balaban J connectivity index is 1.10. The van der Waals surface area contributed by atoms with Crippen LogP contribution in [0.2, 0.25) is 0 Å². The van der Waals surface area contributed by atoms with Crippen molar-refractivity contribution >= 4 is 108 Å². The molecule has 10 aromatic carbocycles. The summed E-state index contributed by atoms with van der Waals surface area (Å²) >= 11 is 1.86. The number of hydrogen-bond acceptors (Lipinski definition) is 5. The summed E-state index contributed by atoms with van der Waals surface area (Å²) in [6, 6.07) is 69.1. The molecule has 0 amide bonds. The number of thiophene rings is 1. The largest absolute Gasteiger partial charge is 0.456 e. The molecule has 5 nitrogen and oxygen atoms in total. The minimum atomic E-state index is 0.547. The first-order valence-electron chi connectivity index (χ1n) is 21.2. The summed E-state index contributed by atoms with van der Waals surface area (Å²) in [5.74, 6) is 1.71. The highest BCUT2D eigenvalue weighted by molar-refractivity contribution is 7.26. The van der Waals surface area contributed by atoms with Crippen molar-refractivity contribution in [1.29, 1.82) is 0 Å². The van der Waals surface area contributed by atoms with Gasteiger partial charge in [-0.2, -0.15) is 9.97 Å². The number of rotatable bonds is 4. The Labute approximate surface area is 363 Å². The molecule has 0 radical (unpaired) electrons. The van der Waals surface area contributed by atoms with E-state index >= 15 is 0 Å². The summed E-state index contributed by atoms with van der Waals surface area (Å²) in [6.45, 7) is 0. The third-order valence-corrected chi connectivity index (χ3v) is 14.0. The van der Waals surface area contributed by atoms with Gasteiger partial charge in [0.25, 0.3) is 0 Å². The molecule has 0 aliphatic rings. The molecule has 0 atom stereocenters. The zero-order valence-electron chi connectivity index (χ0n) is 33.6. The maximum Gasteiger partial charge on any atom is 0.238 e. The molecule has 0 bridgehead atoms. The van der Waals surface area contributed by atoms with Gasteiger partial charge in [0.15, 0.2) is 11.6 Å². The SMILES string of the molecule is c1ccc2cc(-c3nc(-c4ccc5c(c4)oc4ccccc45)nc(-n4c5c(-c6cccc7c6sc6ccc8ccccc8c67)cccc5c5ccc6ccccc6c54)n3)ccc2c1. The third-order valence-electron chi connectivity index (χ3n) is 12.8. The normalized spacial score (nSPS) is 12.1. The van der Waals surface area contributed by atoms with Crippen LogP contribution >= 0.6 is 11.3 Å². The predicted octanol–water partition coefficient (Wildman–Crippen LogP) is 15.7. The minimum Gasteiger partial charge on any atom is -0.456 e. The summed E-state index contributed by atoms with van der Waals surface area (Å²) in [5, 5.41) is 14.0. The van der Waals surface area contributed by atoms with Crippen molar-refractivity contribution in [3.8, 4) is 39.9 Å². The lowest BCUT2D eigenvalue weighted by atomic mass is 9.98. The fourth-order valence-electron chi connectivity index (χ4n) is 9.94. The van der Waals surface area contributed by atoms with Crippen molar-refractivity contribution in [3.05, 3.63) is 194 Å². The van der Waals surface area contributed by atoms with Gasteiger partial charge in [0.05, 0.1) is 11.0 Å². The second kappa shape index (κ2) is 13.2. The van der Waals surface area contributed by atoms with Crippen molar-refractivity contribution in [2.75, 3.05) is 0 Å². The molecule has 0 saturated heterocycles. The lowest BCUT2D eigenvalue weighted by molar-refractivity contribution is 0.669. The van der Waals surface area contributed by atoms with Gasteiger partial charge in [-0.3, -0.25) is 4.57 Å². The number of nitrogens with zero attached hydrogens (tertiary/aromatic N) is 4. The van der Waals surface area contributed by atoms with E-state index in [1.54, 1.807) is 0 Å². The number of hydrogen-bond donors (Lipinski definition) is 0. The molecule has 14 aromatic rings. The lowest BCUT2D eigenvalue weighted by Gasteiger charge is -2.14. The van der Waals surface area contributed by atoms with E-state index in [1.165, 1.54) is 36.5 Å². The molecular weight excluding hydrogens is 789 g/mol. The van der Waals surface area contributed by atoms with Gasteiger partial charge in [-0.15, -0.1) is 11.3 Å². The number of benzene rings is 10. The van der Waals surface area contributed by atoms with E-state index in [-0.39, 0.29) is 0 Å². The smallest absolute Gasteiger partial charge is 0.238 e. The number of fused-ring (bicyclic) bond motifs is 14. The summed E-state index contributed by atoms with van der Waals surface area (Å²) in [6.07, 6.45) is 0. The number of aromatic nitrogens is 4. The molecule has 0 aliphatic carbocycles. The monoisotopic (exact) mass is 820 g/mol. The first kappa shape index (κ1) is 34.5. The zero-order valence-corrected chi connectivity index (χ0v) is 34.4. The van der Waals surface area contributed by atoms with Crippen molar-refractivity contribution < 1.29 is 4.42 Å². The standard InChI is InChI=1S/C57H32N4OS/c1-2-14-36-31-37(24-23-33(36)11-1)55-58-56(38-26-28-42-41-17-7-8-22-48(41)62-49(42)32-38)60-57(59-55)61-52-40-16-6-4-13-35(40)25-29-45(52)43-18-9-19-44(53(43)61)46-20-10-21-47-51-39-15-5-3-12-34(39)27-30-50(51)63-54(46)47/h1-32H. The number of para-hydroxylation sites is 2. The van der Waals surface area contributed by atoms with E-state index in [9.17, 15) is 0 Å². The van der Waals surface area contributed by atoms with Gasteiger partial charge in [0, 0.05) is 69.4 Å². The van der Waals surface area contributed by atoms with Crippen LogP contribution in [0.3, 0.4) is 0 Å². The van der Waals surface area contributed by atoms with Crippen LogP contribution < -0.4 is 0 Å². The van der Waals surface area contributed by atoms with Crippen LogP contribution in [0.25, 0.3) is 136 Å². The molecular formula is C57H32N4OS. The van der Waals surface area contributed by atoms with Crippen molar-refractivity contribution in [2.45, 2.75) is 0 Å². The number of furan rings is 1. The quantitative estimate of drug-likeness (QED) is 0.177. The molecule has 0 unspecified atom stereocenters. The Kier molecular flexibility index (Phi) is 7.21. The van der Waals surface area contributed by atoms with Gasteiger partial charge in [-0.1, -0.05) is 164 Å². The highest BCUT2D eigenvalue weighted by Gasteiger charge is 2.24. The Hall–Kier alpha value is -8.19. The second-order valence-electron chi connectivity index (χ2n) is 16.3. The Morgan fingerprint density at radius 3 is 1.83 bits per heavy atom. The van der Waals surface area contributed by atoms with E-state index in [1.807, 2.05) is 29.5 Å². The van der Waals surface area contributed by atoms with Crippen LogP contribution in [0, 0.1) is 0 Å². The Morgan fingerprint density at radius 2 is 0.968 bits per heavy atom. The van der Waals surface area contributed by atoms with Crippen LogP contribution in [0.15, 0.2) is 199 Å². The topological polar surface area (TPSA) is 56.7 Å². The molecule has 0 saturated carbocycles. The van der Waals surface area contributed by atoms with Gasteiger partial charge in [0.1, 0.15) is 11.2 Å². The van der Waals surface area contributed by atoms with Gasteiger partial charge in [-0.05, 0) is 57.3 Å². The second-order valence-corrected chi connectivity index (χ2v) is 17.4. The van der Waals surface area contributed by atoms with Crippen LogP contribution in [0.4, 0.5) is 0 Å². The van der Waals surface area contributed by atoms with Crippen LogP contribution in [0.5, 0.6) is 0 Å². The van der Waals surface area contributed by atoms with Crippen molar-refractivity contribution in [1.82, 2.24) is 19.5 Å². The molecule has 0 N–H and O–H groups in total. The summed E-state index contributed by atoms with van der Waals surface area (Å²) in [5.41, 5.74) is 7.80. The molecule has 63 heavy (non-hydrogen) atoms. The highest BCUT2D eigenvalue weighted by Crippen LogP contribution is 2.47. The molecule has 0 aliphatic heterocycles. The average Bonchev–Trinajstić information content (AvgIpc) is 4.03. The molecule has 0 fully saturated rings. The van der Waals surface area contributed by atoms with Gasteiger partial charge >= 0.3 is 0 Å². The molecule has 6 heteroatoms. The summed E-state index contributed by atoms with van der Waals surface area (Å²) in [4.78, 5) is 16.2. The first-order chi connectivity index (χ1) is 31.2. The molecule has 4 heterocycles. The lowest BCUT2D eigenvalue weighted by Crippen LogP contribution is -2.07. The fourth-order valence-corrected chi connectivity index (χ4v) is 11.2. The van der Waals surface area contributed by atoms with E-state index in [0.29, 0.717) is 17.6 Å². The maximum absolute atomic E-state index is 6.41. The van der Waals surface area contributed by atoms with E-state index < -0.39 is 0 Å². The zero-order chi connectivity index (χ0) is 41.2. The predicted molar refractivity (Wildman–Crippen MR) is 263 cm³/mol. The summed E-state index contributed by atoms with van der Waals surface area (Å²) < 4.78 is 11.2. The molecule has 292 valence electrons. The van der Waals surface area contributed by atoms with Crippen molar-refractivity contribution in [3.63, 3.8) is 0 Å². The van der Waals surface area contributed by atoms with Crippen molar-refractivity contribution in [2.24, 2.45) is 0 Å². The first-order valence-corrected chi connectivity index (χ1v) is 22.0.